The summed E-state index contributed by atoms with van der Waals surface area (Å²) in [5.74, 6) is -0.848. The van der Waals surface area contributed by atoms with Gasteiger partial charge in [0.05, 0.1) is 17.9 Å². The molecule has 84 valence electrons. The molecular weight excluding hydrogens is 213 g/mol. The van der Waals surface area contributed by atoms with Crippen molar-refractivity contribution in [1.82, 2.24) is 4.89 Å². The highest BCUT2D eigenvalue weighted by molar-refractivity contribution is 7.76. The zero-order chi connectivity index (χ0) is 11.4. The Kier molecular flexibility index (Phi) is 13.7. The molecule has 0 heterocycles. The van der Waals surface area contributed by atoms with Crippen LogP contribution in [0.2, 0.25) is 0 Å². The molecule has 0 aromatic heterocycles. The SMILES string of the molecule is C=CC(=O)ONS(=O)[O-].CCCCF. The molecule has 0 saturated carbocycles. The standard InChI is InChI=1S/C4H9F.C3H5NO4S/c1-2-3-4-5;1-2-3(5)8-4-9(6)7/h2-4H2,1H3;2,4H,1H2,(H,6,7)/p-1. The van der Waals surface area contributed by atoms with Gasteiger partial charge in [-0.25, -0.2) is 4.79 Å². The Labute approximate surface area is 84.7 Å². The van der Waals surface area contributed by atoms with Crippen molar-refractivity contribution < 1.29 is 22.8 Å². The fourth-order valence-corrected chi connectivity index (χ4v) is 0.401. The van der Waals surface area contributed by atoms with E-state index < -0.39 is 17.2 Å². The van der Waals surface area contributed by atoms with Gasteiger partial charge in [0, 0.05) is 6.08 Å². The highest BCUT2D eigenvalue weighted by Crippen LogP contribution is 1.83. The monoisotopic (exact) mass is 226 g/mol. The topological polar surface area (TPSA) is 78.5 Å². The normalized spacial score (nSPS) is 10.8. The van der Waals surface area contributed by atoms with Gasteiger partial charge in [-0.3, -0.25) is 8.60 Å². The summed E-state index contributed by atoms with van der Waals surface area (Å²) in [6, 6.07) is 0. The van der Waals surface area contributed by atoms with Gasteiger partial charge in [-0.1, -0.05) is 24.8 Å². The zero-order valence-corrected chi connectivity index (χ0v) is 8.64. The summed E-state index contributed by atoms with van der Waals surface area (Å²) < 4.78 is 30.2. The smallest absolute Gasteiger partial charge is 0.349 e. The second-order valence-electron chi connectivity index (χ2n) is 1.99. The molecule has 5 nitrogen and oxygen atoms in total. The Morgan fingerprint density at radius 1 is 1.79 bits per heavy atom. The molecule has 1 N–H and O–H groups in total. The lowest BCUT2D eigenvalue weighted by atomic mass is 10.4. The maximum atomic E-state index is 11.0. The van der Waals surface area contributed by atoms with Gasteiger partial charge in [0.15, 0.2) is 0 Å². The van der Waals surface area contributed by atoms with Crippen molar-refractivity contribution in [2.75, 3.05) is 6.67 Å². The number of halogens is 1. The Morgan fingerprint density at radius 3 is 2.57 bits per heavy atom. The van der Waals surface area contributed by atoms with Gasteiger partial charge in [-0.15, -0.1) is 0 Å². The fraction of sp³-hybridized carbons (Fsp3) is 0.571. The van der Waals surface area contributed by atoms with Crippen LogP contribution in [0.4, 0.5) is 4.39 Å². The van der Waals surface area contributed by atoms with Crippen LogP contribution in [-0.4, -0.2) is 21.4 Å². The predicted molar refractivity (Wildman–Crippen MR) is 49.2 cm³/mol. The molecular formula is C7H13FNO4S-. The lowest BCUT2D eigenvalue weighted by Crippen LogP contribution is -2.20. The Morgan fingerprint density at radius 2 is 2.36 bits per heavy atom. The largest absolute Gasteiger partial charge is 0.758 e. The minimum atomic E-state index is -2.58. The molecule has 0 aliphatic carbocycles. The third-order valence-corrected chi connectivity index (χ3v) is 1.08. The van der Waals surface area contributed by atoms with Gasteiger partial charge >= 0.3 is 5.97 Å². The van der Waals surface area contributed by atoms with E-state index in [1.165, 1.54) is 4.89 Å². The van der Waals surface area contributed by atoms with Crippen LogP contribution >= 0.6 is 0 Å². The van der Waals surface area contributed by atoms with Gasteiger partial charge < -0.3 is 9.39 Å². The van der Waals surface area contributed by atoms with E-state index in [2.05, 4.69) is 11.4 Å². The molecule has 0 aliphatic rings. The van der Waals surface area contributed by atoms with E-state index in [-0.39, 0.29) is 6.67 Å². The van der Waals surface area contributed by atoms with E-state index >= 15 is 0 Å². The number of hydrogen-bond donors (Lipinski definition) is 1. The van der Waals surface area contributed by atoms with Gasteiger partial charge in [-0.2, -0.15) is 0 Å². The lowest BCUT2D eigenvalue weighted by molar-refractivity contribution is -0.141. The van der Waals surface area contributed by atoms with Crippen LogP contribution in [0.25, 0.3) is 0 Å². The average molecular weight is 226 g/mol. The summed E-state index contributed by atoms with van der Waals surface area (Å²) in [5.41, 5.74) is 0. The minimum Gasteiger partial charge on any atom is -0.758 e. The van der Waals surface area contributed by atoms with Gasteiger partial charge in [-0.05, 0) is 6.42 Å². The first kappa shape index (κ1) is 15.7. The molecule has 7 heteroatoms. The number of carbonyl (C=O) groups is 1. The first-order chi connectivity index (χ1) is 6.58. The van der Waals surface area contributed by atoms with Crippen LogP contribution in [0.5, 0.6) is 0 Å². The molecule has 0 radical (unpaired) electrons. The number of alkyl halides is 1. The summed E-state index contributed by atoms with van der Waals surface area (Å²) in [6.45, 7) is 4.84. The number of hydrogen-bond acceptors (Lipinski definition) is 4. The molecule has 1 unspecified atom stereocenters. The van der Waals surface area contributed by atoms with Crippen molar-refractivity contribution in [3.8, 4) is 0 Å². The Bertz CT molecular complexity index is 187. The number of unbranched alkanes of at least 4 members (excludes halogenated alkanes) is 1. The van der Waals surface area contributed by atoms with Crippen LogP contribution in [0.3, 0.4) is 0 Å². The molecule has 0 rings (SSSR count). The van der Waals surface area contributed by atoms with Crippen molar-refractivity contribution in [1.29, 1.82) is 0 Å². The van der Waals surface area contributed by atoms with E-state index in [4.69, 9.17) is 0 Å². The van der Waals surface area contributed by atoms with Gasteiger partial charge in [0.25, 0.3) is 0 Å². The highest BCUT2D eigenvalue weighted by atomic mass is 32.2. The second kappa shape index (κ2) is 12.2. The van der Waals surface area contributed by atoms with Crippen molar-refractivity contribution in [2.24, 2.45) is 0 Å². The van der Waals surface area contributed by atoms with Gasteiger partial charge in [0.2, 0.25) is 0 Å². The number of rotatable bonds is 5. The van der Waals surface area contributed by atoms with Crippen LogP contribution < -0.4 is 4.89 Å². The summed E-state index contributed by atoms with van der Waals surface area (Å²) in [6.07, 6.45) is 2.52. The van der Waals surface area contributed by atoms with Crippen molar-refractivity contribution >= 4 is 17.2 Å². The molecule has 0 bridgehead atoms. The number of carbonyl (C=O) groups excluding carboxylic acids is 1. The second-order valence-corrected chi connectivity index (χ2v) is 2.62. The molecule has 14 heavy (non-hydrogen) atoms. The van der Waals surface area contributed by atoms with Gasteiger partial charge in [0.1, 0.15) is 0 Å². The van der Waals surface area contributed by atoms with E-state index in [9.17, 15) is 17.9 Å². The van der Waals surface area contributed by atoms with Crippen LogP contribution in [0, 0.1) is 0 Å². The Hall–Kier alpha value is -0.790. The molecule has 0 fully saturated rings. The van der Waals surface area contributed by atoms with E-state index in [1.54, 1.807) is 0 Å². The van der Waals surface area contributed by atoms with Crippen LogP contribution in [-0.2, 0) is 20.9 Å². The molecule has 0 aromatic rings. The third-order valence-electron chi connectivity index (χ3n) is 0.864. The Balaban J connectivity index is 0. The molecule has 1 atom stereocenters. The molecule has 0 amide bonds. The fourth-order valence-electron chi connectivity index (χ4n) is 0.250. The highest BCUT2D eigenvalue weighted by Gasteiger charge is 1.91. The molecule has 0 saturated heterocycles. The molecule has 0 spiro atoms. The predicted octanol–water partition coefficient (Wildman–Crippen LogP) is 0.770. The molecule has 0 aromatic carbocycles. The molecule has 0 aliphatic heterocycles. The zero-order valence-electron chi connectivity index (χ0n) is 7.82. The van der Waals surface area contributed by atoms with Crippen molar-refractivity contribution in [3.05, 3.63) is 12.7 Å². The lowest BCUT2D eigenvalue weighted by Gasteiger charge is -2.03. The number of nitrogens with one attached hydrogen (secondary N) is 1. The van der Waals surface area contributed by atoms with E-state index in [0.29, 0.717) is 0 Å². The van der Waals surface area contributed by atoms with Crippen LogP contribution in [0.15, 0.2) is 12.7 Å². The summed E-state index contributed by atoms with van der Waals surface area (Å²) >= 11 is -2.58. The van der Waals surface area contributed by atoms with Crippen molar-refractivity contribution in [2.45, 2.75) is 19.8 Å². The first-order valence-corrected chi connectivity index (χ1v) is 4.90. The van der Waals surface area contributed by atoms with Crippen molar-refractivity contribution in [3.63, 3.8) is 0 Å². The quantitative estimate of drug-likeness (QED) is 0.426. The summed E-state index contributed by atoms with van der Waals surface area (Å²) in [4.78, 5) is 15.3. The minimum absolute atomic E-state index is 0.156. The third kappa shape index (κ3) is 17.3. The van der Waals surface area contributed by atoms with E-state index in [0.717, 1.165) is 18.9 Å². The first-order valence-electron chi connectivity index (χ1n) is 3.82. The maximum Gasteiger partial charge on any atom is 0.349 e. The summed E-state index contributed by atoms with van der Waals surface area (Å²) in [5, 5.41) is 0. The summed E-state index contributed by atoms with van der Waals surface area (Å²) in [7, 11) is 0. The average Bonchev–Trinajstić information content (AvgIpc) is 2.16. The maximum absolute atomic E-state index is 11.0. The van der Waals surface area contributed by atoms with E-state index in [1.807, 2.05) is 6.92 Å². The van der Waals surface area contributed by atoms with Crippen LogP contribution in [0.1, 0.15) is 19.8 Å².